The highest BCUT2D eigenvalue weighted by Gasteiger charge is 2.26. The summed E-state index contributed by atoms with van der Waals surface area (Å²) in [5, 5.41) is 0. The van der Waals surface area contributed by atoms with Crippen LogP contribution in [0.1, 0.15) is 396 Å². The lowest BCUT2D eigenvalue weighted by molar-refractivity contribution is 0.165. The Morgan fingerprint density at radius 3 is 1.07 bits per heavy atom. The zero-order valence-corrected chi connectivity index (χ0v) is 72.0. The first-order valence-electron chi connectivity index (χ1n) is 39.7. The van der Waals surface area contributed by atoms with Crippen LogP contribution in [0.5, 0.6) is 0 Å². The summed E-state index contributed by atoms with van der Waals surface area (Å²) in [5.74, 6) is 8.30. The lowest BCUT2D eigenvalue weighted by Crippen LogP contribution is -2.25. The van der Waals surface area contributed by atoms with Crippen LogP contribution in [0.3, 0.4) is 0 Å². The van der Waals surface area contributed by atoms with Gasteiger partial charge in [-0.25, -0.2) is 0 Å². The fourth-order valence-corrected chi connectivity index (χ4v) is 9.82. The van der Waals surface area contributed by atoms with Crippen molar-refractivity contribution in [2.45, 2.75) is 397 Å². The summed E-state index contributed by atoms with van der Waals surface area (Å²) in [6.45, 7) is 87.8. The maximum absolute atomic E-state index is 2.42. The van der Waals surface area contributed by atoms with Crippen molar-refractivity contribution in [2.75, 3.05) is 0 Å². The summed E-state index contributed by atoms with van der Waals surface area (Å²) >= 11 is 0. The lowest BCUT2D eigenvalue weighted by atomic mass is 9.72. The summed E-state index contributed by atoms with van der Waals surface area (Å²) in [4.78, 5) is 0. The SMILES string of the molecule is CC(C)C(C)(C)C(C)C.CC(C)C(C)C(C)C.CCC(C)(C)CC.CCC(C)CC.CCC1(C)CCCC1.CCCCC(CC)CC.CCCC[C@H](C)CC.Cc1cc(C)c(C)c(C)c1.Cc1ccc(C(C)C)cc1C(C)C.Cc1ccc(C)c(C)c1.Cc1ccccc1. The smallest absolute Gasteiger partial charge is 0.0216 e. The van der Waals surface area contributed by atoms with E-state index < -0.39 is 0 Å². The summed E-state index contributed by atoms with van der Waals surface area (Å²) < 4.78 is 0. The standard InChI is InChI=1S/C13H20.C10H14.C9H12.2C9H20.C8H16.2C8H18.C7H8.C7H16.C6H14/c1-9(2)12-7-6-11(5)13(8-12)10(3)4;1-7-5-8(2)10(4)9(3)6-7;1-7-4-5-8(2)9(3)6-7;1-7(2)9(5,6)8(3)4;1-4-7-8-9(5-2)6-3;1-3-8(2)6-4-5-7-8;1-6(2)8(5)7(3)4;1-4-6-7-8(3)5-2;1-7-5-3-2-4-6-7;1-5-7(3,4)6-2;1-4-6(3)5-2/h6-10H,1-5H3;5-6H,1-4H3;4-6H,1-3H3;7-8H,1-6H3;9H,4-8H2,1-3H3;3-7H2,1-2H3;6-8H,1-5H3;8H,4-7H2,1-3H3;2-6H,1H3;5-6H2,1-4H3;6H,4-5H2,1-3H3/t;;;;;;;8-;;;/m.......1.../s1. The molecule has 4 aromatic rings. The van der Waals surface area contributed by atoms with Crippen molar-refractivity contribution in [2.24, 2.45) is 63.6 Å². The van der Waals surface area contributed by atoms with Crippen LogP contribution in [0, 0.1) is 126 Å². The number of unbranched alkanes of at least 4 members (excludes halogenated alkanes) is 2. The van der Waals surface area contributed by atoms with E-state index in [0.717, 1.165) is 52.8 Å². The Morgan fingerprint density at radius 1 is 0.404 bits per heavy atom. The summed E-state index contributed by atoms with van der Waals surface area (Å²) in [5.41, 5.74) is 17.2. The van der Waals surface area contributed by atoms with Gasteiger partial charge >= 0.3 is 0 Å². The van der Waals surface area contributed by atoms with E-state index in [9.17, 15) is 0 Å². The topological polar surface area (TPSA) is 0 Å². The van der Waals surface area contributed by atoms with E-state index in [1.54, 1.807) is 0 Å². The van der Waals surface area contributed by atoms with Gasteiger partial charge in [0, 0.05) is 0 Å². The number of aryl methyl sites for hydroxylation is 8. The van der Waals surface area contributed by atoms with Gasteiger partial charge in [-0.2, -0.15) is 0 Å². The second-order valence-corrected chi connectivity index (χ2v) is 32.8. The molecule has 0 radical (unpaired) electrons. The number of hydrogen-bond donors (Lipinski definition) is 0. The van der Waals surface area contributed by atoms with Crippen molar-refractivity contribution in [1.82, 2.24) is 0 Å². The first-order chi connectivity index (χ1) is 43.5. The van der Waals surface area contributed by atoms with Gasteiger partial charge in [0.05, 0.1) is 0 Å². The molecule has 1 fully saturated rings. The molecular formula is C94H176. The van der Waals surface area contributed by atoms with Gasteiger partial charge in [-0.1, -0.05) is 406 Å². The average molecular weight is 1310 g/mol. The van der Waals surface area contributed by atoms with E-state index in [4.69, 9.17) is 0 Å². The zero-order chi connectivity index (χ0) is 74.5. The summed E-state index contributed by atoms with van der Waals surface area (Å²) in [7, 11) is 0. The molecule has 1 atom stereocenters. The molecule has 1 saturated carbocycles. The Bertz CT molecular complexity index is 2210. The van der Waals surface area contributed by atoms with Crippen molar-refractivity contribution in [3.05, 3.63) is 140 Å². The molecule has 94 heavy (non-hydrogen) atoms. The minimum absolute atomic E-state index is 0.500. The van der Waals surface area contributed by atoms with Gasteiger partial charge in [-0.15, -0.1) is 0 Å². The Balaban J connectivity index is -0.000000228. The normalized spacial score (nSPS) is 12.5. The molecule has 0 nitrogen and oxygen atoms in total. The van der Waals surface area contributed by atoms with Crippen LogP contribution in [-0.2, 0) is 0 Å². The van der Waals surface area contributed by atoms with Gasteiger partial charge in [0.1, 0.15) is 0 Å². The molecule has 0 aliphatic heterocycles. The largest absolute Gasteiger partial charge is 0.0654 e. The monoisotopic (exact) mass is 1310 g/mol. The molecular weight excluding hydrogens is 1130 g/mol. The van der Waals surface area contributed by atoms with E-state index in [1.807, 2.05) is 18.2 Å². The van der Waals surface area contributed by atoms with E-state index in [2.05, 4.69) is 331 Å². The van der Waals surface area contributed by atoms with E-state index in [0.29, 0.717) is 22.7 Å². The van der Waals surface area contributed by atoms with Gasteiger partial charge in [0.2, 0.25) is 0 Å². The van der Waals surface area contributed by atoms with E-state index in [1.165, 1.54) is 177 Å². The quantitative estimate of drug-likeness (QED) is 0.0827. The summed E-state index contributed by atoms with van der Waals surface area (Å²) in [6.07, 6.45) is 25.0. The van der Waals surface area contributed by atoms with Gasteiger partial charge in [-0.3, -0.25) is 0 Å². The molecule has 552 valence electrons. The average Bonchev–Trinajstić information content (AvgIpc) is 1.13. The molecule has 0 heteroatoms. The molecule has 0 bridgehead atoms. The zero-order valence-electron chi connectivity index (χ0n) is 72.0. The summed E-state index contributed by atoms with van der Waals surface area (Å²) in [6, 6.07) is 28.0. The molecule has 0 aromatic heterocycles. The molecule has 0 heterocycles. The molecule has 1 aliphatic carbocycles. The van der Waals surface area contributed by atoms with Crippen LogP contribution >= 0.6 is 0 Å². The molecule has 0 N–H and O–H groups in total. The van der Waals surface area contributed by atoms with Crippen LogP contribution < -0.4 is 0 Å². The van der Waals surface area contributed by atoms with Crippen molar-refractivity contribution >= 4 is 0 Å². The minimum atomic E-state index is 0.500. The van der Waals surface area contributed by atoms with E-state index in [-0.39, 0.29) is 0 Å². The maximum atomic E-state index is 2.42. The Labute approximate surface area is 597 Å². The molecule has 0 amide bonds. The third-order valence-corrected chi connectivity index (χ3v) is 22.2. The fourth-order valence-electron chi connectivity index (χ4n) is 9.82. The first-order valence-corrected chi connectivity index (χ1v) is 39.7. The van der Waals surface area contributed by atoms with Crippen molar-refractivity contribution < 1.29 is 0 Å². The predicted octanol–water partition coefficient (Wildman–Crippen LogP) is 33.1. The van der Waals surface area contributed by atoms with Crippen LogP contribution in [0.2, 0.25) is 0 Å². The lowest BCUT2D eigenvalue weighted by Gasteiger charge is -2.33. The van der Waals surface area contributed by atoms with Crippen LogP contribution in [0.4, 0.5) is 0 Å². The maximum Gasteiger partial charge on any atom is -0.0216 e. The molecule has 5 rings (SSSR count). The highest BCUT2D eigenvalue weighted by molar-refractivity contribution is 5.36. The van der Waals surface area contributed by atoms with Crippen LogP contribution in [0.15, 0.2) is 78.9 Å². The predicted molar refractivity (Wildman–Crippen MR) is 442 cm³/mol. The Morgan fingerprint density at radius 2 is 0.819 bits per heavy atom. The van der Waals surface area contributed by atoms with Gasteiger partial charge in [0.15, 0.2) is 0 Å². The molecule has 1 aliphatic rings. The number of rotatable bonds is 20. The second kappa shape index (κ2) is 59.9. The molecule has 4 aromatic carbocycles. The second-order valence-electron chi connectivity index (χ2n) is 32.8. The third kappa shape index (κ3) is 55.8. The fraction of sp³-hybridized carbons (Fsp3) is 0.745. The number of hydrogen-bond acceptors (Lipinski definition) is 0. The van der Waals surface area contributed by atoms with E-state index >= 15 is 0 Å². The van der Waals surface area contributed by atoms with Crippen molar-refractivity contribution in [3.8, 4) is 0 Å². The van der Waals surface area contributed by atoms with Crippen LogP contribution in [-0.4, -0.2) is 0 Å². The highest BCUT2D eigenvalue weighted by atomic mass is 14.3. The van der Waals surface area contributed by atoms with Crippen molar-refractivity contribution in [1.29, 1.82) is 0 Å². The van der Waals surface area contributed by atoms with Crippen LogP contribution in [0.25, 0.3) is 0 Å². The minimum Gasteiger partial charge on any atom is -0.0654 e. The number of benzene rings is 4. The van der Waals surface area contributed by atoms with Gasteiger partial charge < -0.3 is 0 Å². The Hall–Kier alpha value is -3.12. The molecule has 0 unspecified atom stereocenters. The molecule has 0 spiro atoms. The van der Waals surface area contributed by atoms with Gasteiger partial charge in [-0.05, 0) is 195 Å². The highest BCUT2D eigenvalue weighted by Crippen LogP contribution is 2.40. The third-order valence-electron chi connectivity index (χ3n) is 22.2. The van der Waals surface area contributed by atoms with Crippen molar-refractivity contribution in [3.63, 3.8) is 0 Å². The Kier molecular flexibility index (Phi) is 64.9. The first kappa shape index (κ1) is 102. The molecule has 0 saturated heterocycles. The van der Waals surface area contributed by atoms with Gasteiger partial charge in [0.25, 0.3) is 0 Å².